The van der Waals surface area contributed by atoms with E-state index in [4.69, 9.17) is 13.9 Å². The van der Waals surface area contributed by atoms with Crippen molar-refractivity contribution < 1.29 is 28.7 Å². The fourth-order valence-corrected chi connectivity index (χ4v) is 9.29. The maximum Gasteiger partial charge on any atom is 0.514 e. The Labute approximate surface area is 233 Å². The van der Waals surface area contributed by atoms with Crippen LogP contribution in [0.4, 0.5) is 10.5 Å². The minimum atomic E-state index is -0.785. The van der Waals surface area contributed by atoms with Gasteiger partial charge in [0.05, 0.1) is 16.8 Å². The van der Waals surface area contributed by atoms with Gasteiger partial charge in [0.15, 0.2) is 0 Å². The maximum atomic E-state index is 12.5. The third-order valence-corrected chi connectivity index (χ3v) is 11.4. The zero-order chi connectivity index (χ0) is 28.3. The molecule has 6 rings (SSSR count). The molecule has 0 radical (unpaired) electrons. The average molecular weight is 552 g/mol. The molecule has 1 N–H and O–H groups in total. The van der Waals surface area contributed by atoms with Crippen LogP contribution in [0.25, 0.3) is 0 Å². The first-order chi connectivity index (χ1) is 19.0. The van der Waals surface area contributed by atoms with Crippen LogP contribution in [0.3, 0.4) is 0 Å². The Bertz CT molecular complexity index is 1340. The topological polar surface area (TPSA) is 129 Å². The number of hydrogen-bond donors (Lipinski definition) is 1. The molecular formula is C31H37NO8. The predicted molar refractivity (Wildman–Crippen MR) is 145 cm³/mol. The van der Waals surface area contributed by atoms with Crippen LogP contribution in [-0.4, -0.2) is 27.9 Å². The maximum absolute atomic E-state index is 12.5. The van der Waals surface area contributed by atoms with Crippen molar-refractivity contribution in [2.45, 2.75) is 89.3 Å². The lowest BCUT2D eigenvalue weighted by atomic mass is 9.43. The lowest BCUT2D eigenvalue weighted by Crippen LogP contribution is -2.62. The molecule has 214 valence electrons. The van der Waals surface area contributed by atoms with Crippen LogP contribution in [0.2, 0.25) is 0 Å². The molecule has 4 fully saturated rings. The van der Waals surface area contributed by atoms with Crippen molar-refractivity contribution in [3.8, 4) is 5.75 Å². The van der Waals surface area contributed by atoms with Crippen LogP contribution in [0, 0.1) is 38.7 Å². The van der Waals surface area contributed by atoms with Gasteiger partial charge in [-0.2, -0.15) is 0 Å². The van der Waals surface area contributed by atoms with Gasteiger partial charge in [-0.1, -0.05) is 13.8 Å². The molecule has 4 aliphatic carbocycles. The number of hydrogen-bond acceptors (Lipinski definition) is 8. The Kier molecular flexibility index (Phi) is 6.56. The highest BCUT2D eigenvalue weighted by molar-refractivity contribution is 5.64. The van der Waals surface area contributed by atoms with E-state index in [2.05, 4.69) is 13.8 Å². The SMILES string of the molecule is CC12CCC(OC(=O)Oc3ccc([N+](=O)[O-])cc3)CC1CCC1C2CCC2(C)C(c3ccc(=O)oc3)CCC12O. The van der Waals surface area contributed by atoms with Crippen LogP contribution < -0.4 is 10.4 Å². The van der Waals surface area contributed by atoms with Crippen molar-refractivity contribution in [2.75, 3.05) is 0 Å². The summed E-state index contributed by atoms with van der Waals surface area (Å²) in [6.07, 6.45) is 8.57. The summed E-state index contributed by atoms with van der Waals surface area (Å²) in [6.45, 7) is 4.62. The number of non-ortho nitro benzene ring substituents is 1. The molecule has 9 heteroatoms. The van der Waals surface area contributed by atoms with Crippen LogP contribution >= 0.6 is 0 Å². The predicted octanol–water partition coefficient (Wildman–Crippen LogP) is 6.37. The van der Waals surface area contributed by atoms with E-state index in [1.54, 1.807) is 6.26 Å². The van der Waals surface area contributed by atoms with Crippen molar-refractivity contribution in [3.05, 3.63) is 68.8 Å². The quantitative estimate of drug-likeness (QED) is 0.201. The molecule has 40 heavy (non-hydrogen) atoms. The van der Waals surface area contributed by atoms with Gasteiger partial charge in [0, 0.05) is 23.6 Å². The normalized spacial score (nSPS) is 38.4. The average Bonchev–Trinajstić information content (AvgIpc) is 3.20. The zero-order valence-electron chi connectivity index (χ0n) is 23.0. The smallest absolute Gasteiger partial charge is 0.431 e. The van der Waals surface area contributed by atoms with Crippen LogP contribution in [-0.2, 0) is 4.74 Å². The number of carbonyl (C=O) groups excluding carboxylic acids is 1. The standard InChI is InChI=1S/C31H37NO8/c1-29-14-11-23(40-28(34)39-22-7-5-21(6-8-22)32(36)37)17-20(29)4-9-26-25(29)12-15-30(2)24(13-16-31(26,30)35)19-3-10-27(33)38-18-19/h3,5-8,10,18,20,23-26,35H,4,9,11-17H2,1-2H3. The second-order valence-corrected chi connectivity index (χ2v) is 13.0. The number of ether oxygens (including phenoxy) is 2. The number of nitro groups is 1. The van der Waals surface area contributed by atoms with Gasteiger partial charge < -0.3 is 19.0 Å². The molecule has 0 amide bonds. The molecule has 4 aliphatic rings. The lowest BCUT2D eigenvalue weighted by Gasteiger charge is -2.63. The number of nitrogens with zero attached hydrogens (tertiary/aromatic N) is 1. The van der Waals surface area contributed by atoms with Crippen molar-refractivity contribution in [1.82, 2.24) is 0 Å². The van der Waals surface area contributed by atoms with E-state index in [1.165, 1.54) is 30.3 Å². The summed E-state index contributed by atoms with van der Waals surface area (Å²) in [5.41, 5.74) is -0.367. The van der Waals surface area contributed by atoms with E-state index < -0.39 is 16.7 Å². The highest BCUT2D eigenvalue weighted by atomic mass is 16.7. The summed E-state index contributed by atoms with van der Waals surface area (Å²) in [5.74, 6) is 1.40. The Morgan fingerprint density at radius 3 is 2.48 bits per heavy atom. The molecule has 1 aromatic heterocycles. The first-order valence-corrected chi connectivity index (χ1v) is 14.5. The second kappa shape index (κ2) is 9.72. The third-order valence-electron chi connectivity index (χ3n) is 11.4. The fourth-order valence-electron chi connectivity index (χ4n) is 9.29. The van der Waals surface area contributed by atoms with Crippen LogP contribution in [0.1, 0.15) is 83.1 Å². The number of benzene rings is 1. The van der Waals surface area contributed by atoms with E-state index in [0.717, 1.165) is 63.4 Å². The van der Waals surface area contributed by atoms with Gasteiger partial charge in [0.2, 0.25) is 0 Å². The fraction of sp³-hybridized carbons (Fsp3) is 0.613. The highest BCUT2D eigenvalue weighted by Gasteiger charge is 2.67. The largest absolute Gasteiger partial charge is 0.514 e. The lowest BCUT2D eigenvalue weighted by molar-refractivity contribution is -0.384. The Balaban J connectivity index is 1.12. The van der Waals surface area contributed by atoms with Gasteiger partial charge in [-0.05, 0) is 111 Å². The molecular weight excluding hydrogens is 514 g/mol. The number of aliphatic hydroxyl groups is 1. The number of nitro benzene ring substituents is 1. The Hall–Kier alpha value is -3.20. The molecule has 1 heterocycles. The molecule has 0 aliphatic heterocycles. The minimum absolute atomic E-state index is 0.0692. The Morgan fingerprint density at radius 2 is 1.77 bits per heavy atom. The number of carbonyl (C=O) groups is 1. The monoisotopic (exact) mass is 551 g/mol. The van der Waals surface area contributed by atoms with E-state index in [0.29, 0.717) is 11.8 Å². The summed E-state index contributed by atoms with van der Waals surface area (Å²) in [5, 5.41) is 23.2. The number of fused-ring (bicyclic) bond motifs is 5. The molecule has 8 unspecified atom stereocenters. The first-order valence-electron chi connectivity index (χ1n) is 14.5. The van der Waals surface area contributed by atoms with E-state index in [9.17, 15) is 24.8 Å². The molecule has 0 bridgehead atoms. The van der Waals surface area contributed by atoms with E-state index in [1.807, 2.05) is 6.07 Å². The summed E-state index contributed by atoms with van der Waals surface area (Å²) in [6, 6.07) is 8.71. The molecule has 1 aromatic carbocycles. The zero-order valence-corrected chi connectivity index (χ0v) is 23.0. The third kappa shape index (κ3) is 4.24. The van der Waals surface area contributed by atoms with Gasteiger partial charge in [0.25, 0.3) is 5.69 Å². The summed E-state index contributed by atoms with van der Waals surface area (Å²) >= 11 is 0. The number of rotatable bonds is 4. The molecule has 4 saturated carbocycles. The summed E-state index contributed by atoms with van der Waals surface area (Å²) < 4.78 is 16.2. The molecule has 2 aromatic rings. The first kappa shape index (κ1) is 27.0. The van der Waals surface area contributed by atoms with Crippen molar-refractivity contribution in [2.24, 2.45) is 28.6 Å². The highest BCUT2D eigenvalue weighted by Crippen LogP contribution is 2.70. The molecule has 9 nitrogen and oxygen atoms in total. The van der Waals surface area contributed by atoms with Crippen molar-refractivity contribution in [3.63, 3.8) is 0 Å². The summed E-state index contributed by atoms with van der Waals surface area (Å²) in [7, 11) is 0. The second-order valence-electron chi connectivity index (χ2n) is 13.0. The Morgan fingerprint density at radius 1 is 1.00 bits per heavy atom. The van der Waals surface area contributed by atoms with Crippen LogP contribution in [0.15, 0.2) is 51.9 Å². The van der Waals surface area contributed by atoms with Crippen molar-refractivity contribution >= 4 is 11.8 Å². The molecule has 0 spiro atoms. The van der Waals surface area contributed by atoms with Gasteiger partial charge >= 0.3 is 11.8 Å². The minimum Gasteiger partial charge on any atom is -0.431 e. The summed E-state index contributed by atoms with van der Waals surface area (Å²) in [4.78, 5) is 34.4. The van der Waals surface area contributed by atoms with Gasteiger partial charge in [-0.25, -0.2) is 9.59 Å². The van der Waals surface area contributed by atoms with E-state index in [-0.39, 0.29) is 45.8 Å². The van der Waals surface area contributed by atoms with Crippen molar-refractivity contribution in [1.29, 1.82) is 0 Å². The van der Waals surface area contributed by atoms with Gasteiger partial charge in [0.1, 0.15) is 11.9 Å². The van der Waals surface area contributed by atoms with Gasteiger partial charge in [-0.3, -0.25) is 10.1 Å². The van der Waals surface area contributed by atoms with Crippen LogP contribution in [0.5, 0.6) is 5.75 Å². The van der Waals surface area contributed by atoms with Gasteiger partial charge in [-0.15, -0.1) is 0 Å². The van der Waals surface area contributed by atoms with E-state index >= 15 is 0 Å². The molecule has 0 saturated heterocycles. The molecule has 8 atom stereocenters.